The van der Waals surface area contributed by atoms with Crippen molar-refractivity contribution in [1.29, 1.82) is 0 Å². The van der Waals surface area contributed by atoms with Gasteiger partial charge in [-0.3, -0.25) is 0 Å². The van der Waals surface area contributed by atoms with E-state index in [-0.39, 0.29) is 12.0 Å². The zero-order valence-corrected chi connectivity index (χ0v) is 8.53. The Kier molecular flexibility index (Phi) is 2.20. The largest absolute Gasteiger partial charge is 0.395 e. The highest BCUT2D eigenvalue weighted by Gasteiger charge is 2.57. The molecule has 14 heavy (non-hydrogen) atoms. The average molecular weight is 188 g/mol. The number of aliphatic hydroxyl groups excluding tert-OH is 1. The van der Waals surface area contributed by atoms with Gasteiger partial charge in [0.1, 0.15) is 0 Å². The maximum absolute atomic E-state index is 9.52. The van der Waals surface area contributed by atoms with E-state index >= 15 is 0 Å². The summed E-state index contributed by atoms with van der Waals surface area (Å²) in [5, 5.41) is 9.52. The third kappa shape index (κ3) is 1.05. The summed E-state index contributed by atoms with van der Waals surface area (Å²) in [5.41, 5.74) is 2.27. The molecule has 0 heterocycles. The van der Waals surface area contributed by atoms with Crippen molar-refractivity contribution in [1.82, 2.24) is 0 Å². The fourth-order valence-corrected chi connectivity index (χ4v) is 2.54. The SMILES string of the molecule is C=C1[C@H](CC)[C@]1(CO)c1ccccc1. The fourth-order valence-electron chi connectivity index (χ4n) is 2.54. The molecule has 2 rings (SSSR count). The normalized spacial score (nSPS) is 30.4. The predicted octanol–water partition coefficient (Wildman–Crippen LogP) is 2.51. The first-order valence-electron chi connectivity index (χ1n) is 5.13. The van der Waals surface area contributed by atoms with E-state index in [1.807, 2.05) is 18.2 Å². The van der Waals surface area contributed by atoms with Crippen LogP contribution in [0.3, 0.4) is 0 Å². The van der Waals surface area contributed by atoms with Gasteiger partial charge >= 0.3 is 0 Å². The van der Waals surface area contributed by atoms with Crippen LogP contribution in [0.25, 0.3) is 0 Å². The molecule has 1 fully saturated rings. The lowest BCUT2D eigenvalue weighted by molar-refractivity contribution is 0.248. The van der Waals surface area contributed by atoms with Crippen molar-refractivity contribution in [3.05, 3.63) is 48.0 Å². The van der Waals surface area contributed by atoms with Crippen LogP contribution in [-0.4, -0.2) is 11.7 Å². The number of hydrogen-bond donors (Lipinski definition) is 1. The zero-order valence-electron chi connectivity index (χ0n) is 8.53. The van der Waals surface area contributed by atoms with Crippen molar-refractivity contribution in [2.24, 2.45) is 5.92 Å². The maximum atomic E-state index is 9.52. The van der Waals surface area contributed by atoms with Crippen molar-refractivity contribution in [2.75, 3.05) is 6.61 Å². The molecule has 1 saturated carbocycles. The van der Waals surface area contributed by atoms with Crippen LogP contribution in [0, 0.1) is 5.92 Å². The van der Waals surface area contributed by atoms with Gasteiger partial charge in [-0.2, -0.15) is 0 Å². The minimum atomic E-state index is -0.129. The lowest BCUT2D eigenvalue weighted by atomic mass is 9.93. The molecule has 1 aliphatic rings. The lowest BCUT2D eigenvalue weighted by Gasteiger charge is -2.13. The molecule has 0 aliphatic heterocycles. The van der Waals surface area contributed by atoms with Crippen LogP contribution in [0.5, 0.6) is 0 Å². The second-order valence-electron chi connectivity index (χ2n) is 3.98. The topological polar surface area (TPSA) is 20.2 Å². The molecule has 1 aliphatic carbocycles. The standard InChI is InChI=1S/C13H16O/c1-3-12-10(2)13(12,9-14)11-7-5-4-6-8-11/h4-8,12,14H,2-3,9H2,1H3/t12-,13-/m0/s1. The van der Waals surface area contributed by atoms with E-state index in [9.17, 15) is 5.11 Å². The molecule has 0 amide bonds. The first-order valence-corrected chi connectivity index (χ1v) is 5.13. The van der Waals surface area contributed by atoms with Crippen LogP contribution in [0.2, 0.25) is 0 Å². The summed E-state index contributed by atoms with van der Waals surface area (Å²) in [6.07, 6.45) is 1.06. The Bertz CT molecular complexity index is 342. The molecule has 1 nitrogen and oxygen atoms in total. The molecule has 74 valence electrons. The molecule has 1 aromatic carbocycles. The Morgan fingerprint density at radius 2 is 2.00 bits per heavy atom. The highest BCUT2D eigenvalue weighted by atomic mass is 16.3. The van der Waals surface area contributed by atoms with Crippen molar-refractivity contribution in [2.45, 2.75) is 18.8 Å². The van der Waals surface area contributed by atoms with Gasteiger partial charge in [-0.15, -0.1) is 0 Å². The minimum Gasteiger partial charge on any atom is -0.395 e. The summed E-state index contributed by atoms with van der Waals surface area (Å²) in [7, 11) is 0. The Balaban J connectivity index is 2.38. The number of hydrogen-bond acceptors (Lipinski definition) is 1. The quantitative estimate of drug-likeness (QED) is 0.723. The molecular weight excluding hydrogens is 172 g/mol. The molecule has 0 saturated heterocycles. The van der Waals surface area contributed by atoms with Gasteiger partial charge in [-0.1, -0.05) is 49.4 Å². The smallest absolute Gasteiger partial charge is 0.0571 e. The highest BCUT2D eigenvalue weighted by molar-refractivity contribution is 5.52. The maximum Gasteiger partial charge on any atom is 0.0571 e. The lowest BCUT2D eigenvalue weighted by Crippen LogP contribution is -2.15. The van der Waals surface area contributed by atoms with Crippen molar-refractivity contribution in [3.8, 4) is 0 Å². The minimum absolute atomic E-state index is 0.129. The molecule has 0 bridgehead atoms. The molecule has 1 heteroatoms. The van der Waals surface area contributed by atoms with Crippen LogP contribution in [-0.2, 0) is 5.41 Å². The summed E-state index contributed by atoms with van der Waals surface area (Å²) in [6.45, 7) is 6.40. The second kappa shape index (κ2) is 3.25. The van der Waals surface area contributed by atoms with Gasteiger partial charge in [0.15, 0.2) is 0 Å². The van der Waals surface area contributed by atoms with Crippen molar-refractivity contribution < 1.29 is 5.11 Å². The third-order valence-electron chi connectivity index (χ3n) is 3.45. The van der Waals surface area contributed by atoms with Gasteiger partial charge in [0, 0.05) is 5.41 Å². The molecule has 0 radical (unpaired) electrons. The zero-order chi connectivity index (χ0) is 10.2. The van der Waals surface area contributed by atoms with Gasteiger partial charge in [0.2, 0.25) is 0 Å². The van der Waals surface area contributed by atoms with Crippen molar-refractivity contribution >= 4 is 0 Å². The molecule has 0 aromatic heterocycles. The highest BCUT2D eigenvalue weighted by Crippen LogP contribution is 2.59. The Hall–Kier alpha value is -1.08. The van der Waals surface area contributed by atoms with E-state index in [4.69, 9.17) is 0 Å². The van der Waals surface area contributed by atoms with Crippen molar-refractivity contribution in [3.63, 3.8) is 0 Å². The molecule has 1 aromatic rings. The predicted molar refractivity (Wildman–Crippen MR) is 58.1 cm³/mol. The number of aliphatic hydroxyl groups is 1. The summed E-state index contributed by atoms with van der Waals surface area (Å²) in [5.74, 6) is 0.467. The van der Waals surface area contributed by atoms with E-state index in [0.29, 0.717) is 5.92 Å². The Morgan fingerprint density at radius 1 is 1.36 bits per heavy atom. The van der Waals surface area contributed by atoms with E-state index < -0.39 is 0 Å². The van der Waals surface area contributed by atoms with E-state index in [2.05, 4.69) is 25.6 Å². The van der Waals surface area contributed by atoms with Gasteiger partial charge in [-0.25, -0.2) is 0 Å². The van der Waals surface area contributed by atoms with Crippen LogP contribution in [0.15, 0.2) is 42.5 Å². The number of benzene rings is 1. The Morgan fingerprint density at radius 3 is 2.43 bits per heavy atom. The molecule has 0 spiro atoms. The van der Waals surface area contributed by atoms with E-state index in [1.165, 1.54) is 11.1 Å². The first kappa shape index (κ1) is 9.47. The van der Waals surface area contributed by atoms with Gasteiger partial charge in [0.25, 0.3) is 0 Å². The van der Waals surface area contributed by atoms with E-state index in [0.717, 1.165) is 6.42 Å². The van der Waals surface area contributed by atoms with Crippen LogP contribution >= 0.6 is 0 Å². The Labute approximate surface area is 85.1 Å². The fraction of sp³-hybridized carbons (Fsp3) is 0.385. The molecule has 1 N–H and O–H groups in total. The van der Waals surface area contributed by atoms with E-state index in [1.54, 1.807) is 0 Å². The average Bonchev–Trinajstić information content (AvgIpc) is 2.85. The summed E-state index contributed by atoms with van der Waals surface area (Å²) in [6, 6.07) is 10.2. The monoisotopic (exact) mass is 188 g/mol. The van der Waals surface area contributed by atoms with Gasteiger partial charge in [0.05, 0.1) is 6.61 Å². The van der Waals surface area contributed by atoms with Crippen LogP contribution in [0.4, 0.5) is 0 Å². The third-order valence-corrected chi connectivity index (χ3v) is 3.45. The number of rotatable bonds is 3. The summed E-state index contributed by atoms with van der Waals surface area (Å²) < 4.78 is 0. The van der Waals surface area contributed by atoms with Crippen LogP contribution in [0.1, 0.15) is 18.9 Å². The van der Waals surface area contributed by atoms with Crippen LogP contribution < -0.4 is 0 Å². The molecular formula is C13H16O. The van der Waals surface area contributed by atoms with Gasteiger partial charge < -0.3 is 5.11 Å². The summed E-state index contributed by atoms with van der Waals surface area (Å²) >= 11 is 0. The molecule has 0 unspecified atom stereocenters. The van der Waals surface area contributed by atoms with Gasteiger partial charge in [-0.05, 0) is 17.9 Å². The molecule has 2 atom stereocenters. The summed E-state index contributed by atoms with van der Waals surface area (Å²) in [4.78, 5) is 0. The second-order valence-corrected chi connectivity index (χ2v) is 3.98. The first-order chi connectivity index (χ1) is 6.77.